The molecule has 166 valence electrons. The van der Waals surface area contributed by atoms with Crippen LogP contribution in [0, 0.1) is 41.4 Å². The third-order valence-corrected chi connectivity index (χ3v) is 8.40. The van der Waals surface area contributed by atoms with Crippen molar-refractivity contribution in [3.05, 3.63) is 66.7 Å². The lowest BCUT2D eigenvalue weighted by Gasteiger charge is -2.37. The number of imide groups is 1. The summed E-state index contributed by atoms with van der Waals surface area (Å²) in [6.07, 6.45) is 8.09. The lowest BCUT2D eigenvalue weighted by atomic mass is 9.65. The molecule has 3 aliphatic carbocycles. The lowest BCUT2D eigenvalue weighted by Crippen LogP contribution is -2.38. The molecule has 0 radical (unpaired) electrons. The number of benzene rings is 2. The fourth-order valence-electron chi connectivity index (χ4n) is 7.23. The van der Waals surface area contributed by atoms with Gasteiger partial charge in [-0.15, -0.1) is 0 Å². The SMILES string of the molecule is CC.CC1C2CC(C3C(=O)N(c4cccc(-c5ccccc5)c4)C(=O)C23)C1C1C=CCC1. The van der Waals surface area contributed by atoms with E-state index in [0.717, 1.165) is 29.7 Å². The van der Waals surface area contributed by atoms with Gasteiger partial charge in [-0.1, -0.05) is 75.4 Å². The fraction of sp³-hybridized carbons (Fsp3) is 0.448. The Morgan fingerprint density at radius 1 is 0.844 bits per heavy atom. The van der Waals surface area contributed by atoms with Gasteiger partial charge in [0, 0.05) is 0 Å². The minimum Gasteiger partial charge on any atom is -0.274 e. The van der Waals surface area contributed by atoms with Crippen molar-refractivity contribution < 1.29 is 9.59 Å². The average Bonchev–Trinajstić information content (AvgIpc) is 3.60. The molecule has 0 aromatic heterocycles. The highest BCUT2D eigenvalue weighted by Crippen LogP contribution is 2.64. The van der Waals surface area contributed by atoms with E-state index in [4.69, 9.17) is 0 Å². The van der Waals surface area contributed by atoms with Crippen LogP contribution in [-0.4, -0.2) is 11.8 Å². The van der Waals surface area contributed by atoms with E-state index in [0.29, 0.717) is 29.6 Å². The number of allylic oxidation sites excluding steroid dienone is 2. The van der Waals surface area contributed by atoms with Crippen molar-refractivity contribution in [2.75, 3.05) is 4.90 Å². The van der Waals surface area contributed by atoms with Gasteiger partial charge in [0.05, 0.1) is 17.5 Å². The summed E-state index contributed by atoms with van der Waals surface area (Å²) < 4.78 is 0. The number of hydrogen-bond acceptors (Lipinski definition) is 2. The predicted molar refractivity (Wildman–Crippen MR) is 129 cm³/mol. The Balaban J connectivity index is 0.00000105. The molecule has 0 spiro atoms. The second-order valence-electron chi connectivity index (χ2n) is 9.65. The van der Waals surface area contributed by atoms with E-state index in [1.807, 2.05) is 56.3 Å². The summed E-state index contributed by atoms with van der Waals surface area (Å²) in [6, 6.07) is 18.0. The van der Waals surface area contributed by atoms with E-state index in [1.54, 1.807) is 0 Å². The minimum absolute atomic E-state index is 0.0370. The summed E-state index contributed by atoms with van der Waals surface area (Å²) in [4.78, 5) is 28.6. The lowest BCUT2D eigenvalue weighted by molar-refractivity contribution is -0.123. The molecule has 4 aliphatic rings. The second-order valence-corrected chi connectivity index (χ2v) is 9.65. The molecule has 2 bridgehead atoms. The van der Waals surface area contributed by atoms with Crippen molar-refractivity contribution in [3.8, 4) is 11.1 Å². The van der Waals surface area contributed by atoms with Crippen molar-refractivity contribution in [1.82, 2.24) is 0 Å². The first-order valence-electron chi connectivity index (χ1n) is 12.3. The van der Waals surface area contributed by atoms with E-state index in [-0.39, 0.29) is 23.7 Å². The maximum atomic E-state index is 13.6. The van der Waals surface area contributed by atoms with Crippen LogP contribution < -0.4 is 4.90 Å². The second kappa shape index (κ2) is 8.35. The van der Waals surface area contributed by atoms with Crippen LogP contribution in [0.3, 0.4) is 0 Å². The fourth-order valence-corrected chi connectivity index (χ4v) is 7.23. The van der Waals surface area contributed by atoms with Crippen molar-refractivity contribution in [2.24, 2.45) is 41.4 Å². The standard InChI is InChI=1S/C27H27NO2.C2H6/c1-16-21-15-22(23(16)18-10-5-6-11-18)25-24(21)26(29)28(27(25)30)20-13-7-12-19(14-20)17-8-3-2-4-9-17;1-2/h2-5,7-10,12-14,16,18,21-25H,6,11,15H2,1H3;1-2H3. The summed E-state index contributed by atoms with van der Waals surface area (Å²) in [5, 5.41) is 0. The molecule has 32 heavy (non-hydrogen) atoms. The third-order valence-electron chi connectivity index (χ3n) is 8.40. The molecule has 7 unspecified atom stereocenters. The van der Waals surface area contributed by atoms with E-state index in [1.165, 1.54) is 11.3 Å². The van der Waals surface area contributed by atoms with Crippen molar-refractivity contribution >= 4 is 17.5 Å². The third kappa shape index (κ3) is 3.09. The molecule has 1 aliphatic heterocycles. The van der Waals surface area contributed by atoms with Gasteiger partial charge in [-0.3, -0.25) is 14.5 Å². The highest BCUT2D eigenvalue weighted by molar-refractivity contribution is 6.22. The average molecular weight is 428 g/mol. The van der Waals surface area contributed by atoms with Gasteiger partial charge in [0.2, 0.25) is 11.8 Å². The Hall–Kier alpha value is -2.68. The van der Waals surface area contributed by atoms with Crippen molar-refractivity contribution in [1.29, 1.82) is 0 Å². The number of fused-ring (bicyclic) bond motifs is 5. The van der Waals surface area contributed by atoms with Crippen LogP contribution in [0.1, 0.15) is 40.0 Å². The van der Waals surface area contributed by atoms with Gasteiger partial charge in [0.1, 0.15) is 0 Å². The summed E-state index contributed by atoms with van der Waals surface area (Å²) in [7, 11) is 0. The Kier molecular flexibility index (Phi) is 5.53. The largest absolute Gasteiger partial charge is 0.274 e. The smallest absolute Gasteiger partial charge is 0.237 e. The topological polar surface area (TPSA) is 37.4 Å². The molecule has 3 heteroatoms. The Labute approximate surface area is 191 Å². The van der Waals surface area contributed by atoms with Gasteiger partial charge in [-0.2, -0.15) is 0 Å². The van der Waals surface area contributed by atoms with Crippen LogP contribution in [0.25, 0.3) is 11.1 Å². The van der Waals surface area contributed by atoms with Crippen LogP contribution in [-0.2, 0) is 9.59 Å². The zero-order chi connectivity index (χ0) is 22.4. The molecular weight excluding hydrogens is 394 g/mol. The number of carbonyl (C=O) groups excluding carboxylic acids is 2. The summed E-state index contributed by atoms with van der Waals surface area (Å²) in [6.45, 7) is 6.33. The molecule has 0 N–H and O–H groups in total. The van der Waals surface area contributed by atoms with Gasteiger partial charge in [0.15, 0.2) is 0 Å². The van der Waals surface area contributed by atoms with Gasteiger partial charge in [-0.05, 0) is 72.1 Å². The molecule has 1 saturated heterocycles. The molecule has 2 aromatic carbocycles. The van der Waals surface area contributed by atoms with E-state index in [9.17, 15) is 9.59 Å². The Bertz CT molecular complexity index is 1040. The molecule has 2 saturated carbocycles. The van der Waals surface area contributed by atoms with Crippen LogP contribution in [0.4, 0.5) is 5.69 Å². The number of amides is 2. The highest BCUT2D eigenvalue weighted by Gasteiger charge is 2.67. The zero-order valence-electron chi connectivity index (χ0n) is 19.3. The normalized spacial score (nSPS) is 34.6. The number of nitrogens with zero attached hydrogens (tertiary/aromatic N) is 1. The van der Waals surface area contributed by atoms with Crippen LogP contribution in [0.5, 0.6) is 0 Å². The first-order valence-corrected chi connectivity index (χ1v) is 12.3. The highest BCUT2D eigenvalue weighted by atomic mass is 16.2. The molecule has 1 heterocycles. The van der Waals surface area contributed by atoms with Crippen LogP contribution >= 0.6 is 0 Å². The zero-order valence-corrected chi connectivity index (χ0v) is 19.3. The van der Waals surface area contributed by atoms with Gasteiger partial charge < -0.3 is 0 Å². The molecule has 6 rings (SSSR count). The molecule has 2 aromatic rings. The Morgan fingerprint density at radius 2 is 1.53 bits per heavy atom. The van der Waals surface area contributed by atoms with Crippen molar-refractivity contribution in [2.45, 2.75) is 40.0 Å². The summed E-state index contributed by atoms with van der Waals surface area (Å²) in [5.41, 5.74) is 2.86. The van der Waals surface area contributed by atoms with Gasteiger partial charge in [0.25, 0.3) is 0 Å². The predicted octanol–water partition coefficient (Wildman–Crippen LogP) is 6.35. The van der Waals surface area contributed by atoms with E-state index in [2.05, 4.69) is 31.2 Å². The molecule has 3 nitrogen and oxygen atoms in total. The van der Waals surface area contributed by atoms with Crippen LogP contribution in [0.2, 0.25) is 0 Å². The van der Waals surface area contributed by atoms with Crippen molar-refractivity contribution in [3.63, 3.8) is 0 Å². The summed E-state index contributed by atoms with van der Waals surface area (Å²) in [5.74, 6) is 2.25. The minimum atomic E-state index is -0.113. The first kappa shape index (κ1) is 21.2. The number of hydrogen-bond donors (Lipinski definition) is 0. The maximum absolute atomic E-state index is 13.6. The van der Waals surface area contributed by atoms with Gasteiger partial charge in [-0.25, -0.2) is 0 Å². The molecule has 3 fully saturated rings. The van der Waals surface area contributed by atoms with E-state index >= 15 is 0 Å². The monoisotopic (exact) mass is 427 g/mol. The van der Waals surface area contributed by atoms with E-state index < -0.39 is 0 Å². The Morgan fingerprint density at radius 3 is 2.22 bits per heavy atom. The quantitative estimate of drug-likeness (QED) is 0.422. The maximum Gasteiger partial charge on any atom is 0.237 e. The molecule has 7 atom stereocenters. The summed E-state index contributed by atoms with van der Waals surface area (Å²) >= 11 is 0. The van der Waals surface area contributed by atoms with Crippen LogP contribution in [0.15, 0.2) is 66.7 Å². The number of anilines is 1. The molecule has 2 amide bonds. The molecular formula is C29H33NO2. The number of rotatable bonds is 3. The first-order chi connectivity index (χ1) is 15.6. The van der Waals surface area contributed by atoms with Gasteiger partial charge >= 0.3 is 0 Å². The number of carbonyl (C=O) groups is 2.